The van der Waals surface area contributed by atoms with Gasteiger partial charge in [0.2, 0.25) is 0 Å². The summed E-state index contributed by atoms with van der Waals surface area (Å²) in [5, 5.41) is 0. The van der Waals surface area contributed by atoms with Gasteiger partial charge in [0, 0.05) is 6.42 Å². The van der Waals surface area contributed by atoms with Crippen LogP contribution in [0.4, 0.5) is 0 Å². The minimum Gasteiger partial charge on any atom is -0.485 e. The molecule has 1 heterocycles. The van der Waals surface area contributed by atoms with Crippen molar-refractivity contribution in [2.24, 2.45) is 0 Å². The zero-order chi connectivity index (χ0) is 14.4. The summed E-state index contributed by atoms with van der Waals surface area (Å²) in [6.45, 7) is 3.61. The van der Waals surface area contributed by atoms with Crippen molar-refractivity contribution in [3.05, 3.63) is 53.5 Å². The van der Waals surface area contributed by atoms with Crippen LogP contribution in [0.25, 0.3) is 0 Å². The Hall–Kier alpha value is -1.74. The number of rotatable bonds is 7. The van der Waals surface area contributed by atoms with E-state index in [1.54, 1.807) is 0 Å². The van der Waals surface area contributed by atoms with Gasteiger partial charge in [0.25, 0.3) is 0 Å². The highest BCUT2D eigenvalue weighted by molar-refractivity contribution is 5.31. The van der Waals surface area contributed by atoms with Gasteiger partial charge in [0.15, 0.2) is 0 Å². The predicted molar refractivity (Wildman–Crippen MR) is 81.1 cm³/mol. The first-order valence-electron chi connectivity index (χ1n) is 7.06. The number of benzene rings is 1. The van der Waals surface area contributed by atoms with Crippen LogP contribution in [0.3, 0.4) is 0 Å². The lowest BCUT2D eigenvalue weighted by Gasteiger charge is -2.08. The van der Waals surface area contributed by atoms with Gasteiger partial charge >= 0.3 is 0 Å². The molecule has 3 nitrogen and oxygen atoms in total. The van der Waals surface area contributed by atoms with Crippen LogP contribution in [0.15, 0.2) is 40.8 Å². The van der Waals surface area contributed by atoms with Crippen molar-refractivity contribution in [1.29, 1.82) is 0 Å². The van der Waals surface area contributed by atoms with Crippen LogP contribution < -0.4 is 4.74 Å². The van der Waals surface area contributed by atoms with Crippen molar-refractivity contribution in [3.63, 3.8) is 0 Å². The Morgan fingerprint density at radius 2 is 1.80 bits per heavy atom. The Bertz CT molecular complexity index is 531. The van der Waals surface area contributed by atoms with E-state index >= 15 is 0 Å². The lowest BCUT2D eigenvalue weighted by molar-refractivity contribution is 0.263. The van der Waals surface area contributed by atoms with Crippen molar-refractivity contribution in [2.75, 3.05) is 20.6 Å². The maximum absolute atomic E-state index is 5.78. The summed E-state index contributed by atoms with van der Waals surface area (Å²) in [7, 11) is 4.17. The second-order valence-corrected chi connectivity index (χ2v) is 5.33. The van der Waals surface area contributed by atoms with Gasteiger partial charge in [0.05, 0.1) is 0 Å². The number of aryl methyl sites for hydroxylation is 2. The van der Waals surface area contributed by atoms with Gasteiger partial charge in [-0.2, -0.15) is 0 Å². The number of hydrogen-bond donors (Lipinski definition) is 0. The fraction of sp³-hybridized carbons (Fsp3) is 0.412. The van der Waals surface area contributed by atoms with Crippen molar-refractivity contribution < 1.29 is 9.15 Å². The van der Waals surface area contributed by atoms with Crippen LogP contribution >= 0.6 is 0 Å². The van der Waals surface area contributed by atoms with Crippen LogP contribution in [-0.4, -0.2) is 25.5 Å². The van der Waals surface area contributed by atoms with E-state index in [9.17, 15) is 0 Å². The summed E-state index contributed by atoms with van der Waals surface area (Å²) in [6, 6.07) is 12.1. The molecule has 0 fully saturated rings. The normalized spacial score (nSPS) is 11.0. The molecule has 108 valence electrons. The standard InChI is InChI=1S/C17H23NO2/c1-14-7-4-5-9-17(14)19-13-16-11-10-15(20-16)8-6-12-18(2)3/h4-5,7,9-11H,6,8,12-13H2,1-3H3. The zero-order valence-electron chi connectivity index (χ0n) is 12.6. The molecule has 20 heavy (non-hydrogen) atoms. The molecule has 2 rings (SSSR count). The Kier molecular flexibility index (Phi) is 5.24. The Morgan fingerprint density at radius 1 is 1.05 bits per heavy atom. The summed E-state index contributed by atoms with van der Waals surface area (Å²) in [4.78, 5) is 2.19. The van der Waals surface area contributed by atoms with E-state index in [1.165, 1.54) is 0 Å². The number of hydrogen-bond acceptors (Lipinski definition) is 3. The number of nitrogens with zero attached hydrogens (tertiary/aromatic N) is 1. The first-order valence-corrected chi connectivity index (χ1v) is 7.06. The third-order valence-electron chi connectivity index (χ3n) is 3.21. The summed E-state index contributed by atoms with van der Waals surface area (Å²) in [6.07, 6.45) is 2.08. The van der Waals surface area contributed by atoms with Gasteiger partial charge in [-0.25, -0.2) is 0 Å². The molecule has 0 amide bonds. The molecule has 0 unspecified atom stereocenters. The summed E-state index contributed by atoms with van der Waals surface area (Å²) < 4.78 is 11.6. The molecule has 1 aromatic carbocycles. The zero-order valence-corrected chi connectivity index (χ0v) is 12.6. The highest BCUT2D eigenvalue weighted by Gasteiger charge is 2.04. The number of furan rings is 1. The predicted octanol–water partition coefficient (Wildman–Crippen LogP) is 3.66. The van der Waals surface area contributed by atoms with E-state index in [2.05, 4.69) is 19.0 Å². The van der Waals surface area contributed by atoms with E-state index < -0.39 is 0 Å². The van der Waals surface area contributed by atoms with Crippen molar-refractivity contribution in [3.8, 4) is 5.75 Å². The molecule has 0 spiro atoms. The van der Waals surface area contributed by atoms with Gasteiger partial charge in [-0.05, 0) is 57.7 Å². The molecular formula is C17H23NO2. The molecule has 0 saturated carbocycles. The molecule has 0 bridgehead atoms. The van der Waals surface area contributed by atoms with Crippen LogP contribution in [0.5, 0.6) is 5.75 Å². The van der Waals surface area contributed by atoms with E-state index in [0.717, 1.165) is 42.2 Å². The van der Waals surface area contributed by atoms with E-state index in [4.69, 9.17) is 9.15 Å². The van der Waals surface area contributed by atoms with E-state index in [-0.39, 0.29) is 0 Å². The van der Waals surface area contributed by atoms with Gasteiger partial charge < -0.3 is 14.1 Å². The monoisotopic (exact) mass is 273 g/mol. The van der Waals surface area contributed by atoms with Crippen molar-refractivity contribution in [1.82, 2.24) is 4.90 Å². The largest absolute Gasteiger partial charge is 0.485 e. The SMILES string of the molecule is Cc1ccccc1OCc1ccc(CCCN(C)C)o1. The smallest absolute Gasteiger partial charge is 0.146 e. The summed E-state index contributed by atoms with van der Waals surface area (Å²) in [5.41, 5.74) is 1.14. The number of ether oxygens (including phenoxy) is 1. The van der Waals surface area contributed by atoms with Gasteiger partial charge in [-0.3, -0.25) is 0 Å². The quantitative estimate of drug-likeness (QED) is 0.770. The maximum atomic E-state index is 5.78. The Balaban J connectivity index is 1.82. The third kappa shape index (κ3) is 4.42. The van der Waals surface area contributed by atoms with E-state index in [0.29, 0.717) is 6.61 Å². The van der Waals surface area contributed by atoms with Gasteiger partial charge in [-0.15, -0.1) is 0 Å². The Labute approximate surface area is 121 Å². The minimum atomic E-state index is 0.485. The third-order valence-corrected chi connectivity index (χ3v) is 3.21. The van der Waals surface area contributed by atoms with Gasteiger partial charge in [0.1, 0.15) is 23.9 Å². The Morgan fingerprint density at radius 3 is 2.55 bits per heavy atom. The van der Waals surface area contributed by atoms with Crippen LogP contribution in [0, 0.1) is 6.92 Å². The molecule has 0 saturated heterocycles. The average Bonchev–Trinajstić information content (AvgIpc) is 2.85. The molecule has 0 N–H and O–H groups in total. The molecule has 0 atom stereocenters. The summed E-state index contributed by atoms with van der Waals surface area (Å²) >= 11 is 0. The first kappa shape index (κ1) is 14.7. The average molecular weight is 273 g/mol. The fourth-order valence-electron chi connectivity index (χ4n) is 2.07. The van der Waals surface area contributed by atoms with Crippen LogP contribution in [-0.2, 0) is 13.0 Å². The molecular weight excluding hydrogens is 250 g/mol. The molecule has 0 aliphatic rings. The molecule has 0 aliphatic carbocycles. The second kappa shape index (κ2) is 7.15. The minimum absolute atomic E-state index is 0.485. The molecule has 0 radical (unpaired) electrons. The molecule has 2 aromatic rings. The molecule has 0 aliphatic heterocycles. The van der Waals surface area contributed by atoms with Crippen LogP contribution in [0.2, 0.25) is 0 Å². The maximum Gasteiger partial charge on any atom is 0.146 e. The van der Waals surface area contributed by atoms with E-state index in [1.807, 2.05) is 43.3 Å². The lowest BCUT2D eigenvalue weighted by atomic mass is 10.2. The fourth-order valence-corrected chi connectivity index (χ4v) is 2.07. The topological polar surface area (TPSA) is 25.6 Å². The molecule has 1 aromatic heterocycles. The van der Waals surface area contributed by atoms with Crippen LogP contribution in [0.1, 0.15) is 23.5 Å². The summed E-state index contributed by atoms with van der Waals surface area (Å²) in [5.74, 6) is 2.83. The first-order chi connectivity index (χ1) is 9.65. The van der Waals surface area contributed by atoms with Crippen molar-refractivity contribution in [2.45, 2.75) is 26.4 Å². The molecule has 3 heteroatoms. The second-order valence-electron chi connectivity index (χ2n) is 5.33. The highest BCUT2D eigenvalue weighted by atomic mass is 16.5. The van der Waals surface area contributed by atoms with Crippen molar-refractivity contribution >= 4 is 0 Å². The number of para-hydroxylation sites is 1. The highest BCUT2D eigenvalue weighted by Crippen LogP contribution is 2.19. The lowest BCUT2D eigenvalue weighted by Crippen LogP contribution is -2.13. The van der Waals surface area contributed by atoms with Gasteiger partial charge in [-0.1, -0.05) is 18.2 Å².